The van der Waals surface area contributed by atoms with Crippen molar-refractivity contribution in [2.45, 2.75) is 32.1 Å². The Morgan fingerprint density at radius 2 is 2.12 bits per heavy atom. The first-order valence-electron chi connectivity index (χ1n) is 6.03. The molecule has 1 aromatic carbocycles. The van der Waals surface area contributed by atoms with Gasteiger partial charge in [-0.3, -0.25) is 4.79 Å². The van der Waals surface area contributed by atoms with Crippen molar-refractivity contribution in [3.63, 3.8) is 0 Å². The van der Waals surface area contributed by atoms with Gasteiger partial charge in [0, 0.05) is 12.5 Å². The molecule has 0 radical (unpaired) electrons. The number of nitrogens with two attached hydrogens (primary N) is 1. The first-order valence-corrected chi connectivity index (χ1v) is 6.03. The summed E-state index contributed by atoms with van der Waals surface area (Å²) >= 11 is 0. The highest BCUT2D eigenvalue weighted by Gasteiger charge is 2.18. The highest BCUT2D eigenvalue weighted by molar-refractivity contribution is 5.94. The van der Waals surface area contributed by atoms with Crippen molar-refractivity contribution in [3.05, 3.63) is 18.2 Å². The van der Waals surface area contributed by atoms with Crippen molar-refractivity contribution in [1.29, 1.82) is 0 Å². The molecule has 1 aromatic rings. The van der Waals surface area contributed by atoms with E-state index in [-0.39, 0.29) is 11.7 Å². The van der Waals surface area contributed by atoms with Crippen LogP contribution in [0.25, 0.3) is 0 Å². The Morgan fingerprint density at radius 3 is 2.76 bits per heavy atom. The third kappa shape index (κ3) is 3.12. The molecule has 1 aliphatic rings. The summed E-state index contributed by atoms with van der Waals surface area (Å²) in [6.45, 7) is 0. The Morgan fingerprint density at radius 1 is 1.41 bits per heavy atom. The van der Waals surface area contributed by atoms with Gasteiger partial charge in [-0.2, -0.15) is 0 Å². The van der Waals surface area contributed by atoms with E-state index in [2.05, 4.69) is 5.32 Å². The number of amides is 1. The van der Waals surface area contributed by atoms with Crippen LogP contribution >= 0.6 is 0 Å². The van der Waals surface area contributed by atoms with Crippen molar-refractivity contribution in [1.82, 2.24) is 0 Å². The molecule has 0 heterocycles. The summed E-state index contributed by atoms with van der Waals surface area (Å²) in [5.74, 6) is 0.638. The molecule has 0 bridgehead atoms. The zero-order valence-corrected chi connectivity index (χ0v) is 9.78. The lowest BCUT2D eigenvalue weighted by Gasteiger charge is -2.11. The molecule has 2 rings (SSSR count). The van der Waals surface area contributed by atoms with Gasteiger partial charge in [0.2, 0.25) is 5.91 Å². The van der Waals surface area contributed by atoms with Gasteiger partial charge in [0.25, 0.3) is 0 Å². The van der Waals surface area contributed by atoms with Crippen LogP contribution in [0.1, 0.15) is 32.1 Å². The predicted octanol–water partition coefficient (Wildman–Crippen LogP) is 2.49. The van der Waals surface area contributed by atoms with Crippen LogP contribution in [-0.2, 0) is 4.79 Å². The van der Waals surface area contributed by atoms with E-state index in [0.29, 0.717) is 23.7 Å². The number of phenolic OH excluding ortho intramolecular Hbond substituents is 1. The topological polar surface area (TPSA) is 75.3 Å². The minimum Gasteiger partial charge on any atom is -0.508 e. The van der Waals surface area contributed by atoms with Crippen LogP contribution in [0, 0.1) is 5.92 Å². The maximum Gasteiger partial charge on any atom is 0.224 e. The van der Waals surface area contributed by atoms with Gasteiger partial charge in [0.05, 0.1) is 11.4 Å². The summed E-state index contributed by atoms with van der Waals surface area (Å²) in [6, 6.07) is 4.57. The molecule has 1 saturated carbocycles. The number of anilines is 2. The van der Waals surface area contributed by atoms with E-state index in [9.17, 15) is 9.90 Å². The molecule has 1 amide bonds. The number of nitrogens with one attached hydrogen (secondary N) is 1. The normalized spacial score (nSPS) is 16.0. The summed E-state index contributed by atoms with van der Waals surface area (Å²) in [5, 5.41) is 12.0. The average molecular weight is 234 g/mol. The van der Waals surface area contributed by atoms with Crippen molar-refractivity contribution in [2.75, 3.05) is 11.1 Å². The maximum absolute atomic E-state index is 11.8. The zero-order chi connectivity index (χ0) is 12.3. The second-order valence-electron chi connectivity index (χ2n) is 4.67. The Labute approximate surface area is 101 Å². The Hall–Kier alpha value is -1.71. The molecule has 1 fully saturated rings. The molecule has 4 heteroatoms. The highest BCUT2D eigenvalue weighted by atomic mass is 16.3. The number of carbonyl (C=O) groups is 1. The minimum atomic E-state index is 0.00860. The first kappa shape index (κ1) is 11.8. The lowest BCUT2D eigenvalue weighted by atomic mass is 10.0. The maximum atomic E-state index is 11.8. The monoisotopic (exact) mass is 234 g/mol. The number of aromatic hydroxyl groups is 1. The molecule has 0 spiro atoms. The summed E-state index contributed by atoms with van der Waals surface area (Å²) < 4.78 is 0. The number of hydrogen-bond acceptors (Lipinski definition) is 3. The summed E-state index contributed by atoms with van der Waals surface area (Å²) in [4.78, 5) is 11.8. The van der Waals surface area contributed by atoms with Gasteiger partial charge in [-0.25, -0.2) is 0 Å². The molecule has 92 valence electrons. The number of hydrogen-bond donors (Lipinski definition) is 3. The molecule has 0 unspecified atom stereocenters. The Balaban J connectivity index is 1.93. The lowest BCUT2D eigenvalue weighted by Crippen LogP contribution is -2.16. The summed E-state index contributed by atoms with van der Waals surface area (Å²) in [7, 11) is 0. The average Bonchev–Trinajstić information content (AvgIpc) is 2.75. The first-order chi connectivity index (χ1) is 8.15. The van der Waals surface area contributed by atoms with Crippen LogP contribution in [0.2, 0.25) is 0 Å². The SMILES string of the molecule is Nc1cc(O)ccc1NC(=O)CC1CCCC1. The number of carbonyl (C=O) groups excluding carboxylic acids is 1. The summed E-state index contributed by atoms with van der Waals surface area (Å²) in [6.07, 6.45) is 5.34. The van der Waals surface area contributed by atoms with Crippen LogP contribution < -0.4 is 11.1 Å². The predicted molar refractivity (Wildman–Crippen MR) is 67.7 cm³/mol. The Bertz CT molecular complexity index is 412. The molecular weight excluding hydrogens is 216 g/mol. The standard InChI is InChI=1S/C13H18N2O2/c14-11-8-10(16)5-6-12(11)15-13(17)7-9-3-1-2-4-9/h5-6,8-9,16H,1-4,7,14H2,(H,15,17). The van der Waals surface area contributed by atoms with Gasteiger partial charge in [-0.15, -0.1) is 0 Å². The molecule has 0 saturated heterocycles. The third-order valence-corrected chi connectivity index (χ3v) is 3.26. The van der Waals surface area contributed by atoms with Gasteiger partial charge >= 0.3 is 0 Å². The Kier molecular flexibility index (Phi) is 3.52. The van der Waals surface area contributed by atoms with Crippen LogP contribution in [-0.4, -0.2) is 11.0 Å². The van der Waals surface area contributed by atoms with E-state index >= 15 is 0 Å². The second-order valence-corrected chi connectivity index (χ2v) is 4.67. The number of nitrogen functional groups attached to an aromatic ring is 1. The van der Waals surface area contributed by atoms with Crippen LogP contribution in [0.4, 0.5) is 11.4 Å². The third-order valence-electron chi connectivity index (χ3n) is 3.26. The van der Waals surface area contributed by atoms with Crippen molar-refractivity contribution < 1.29 is 9.90 Å². The van der Waals surface area contributed by atoms with E-state index in [0.717, 1.165) is 12.8 Å². The molecule has 0 aliphatic heterocycles. The van der Waals surface area contributed by atoms with Gasteiger partial charge in [0.15, 0.2) is 0 Å². The smallest absolute Gasteiger partial charge is 0.224 e. The van der Waals surface area contributed by atoms with Crippen molar-refractivity contribution in [2.24, 2.45) is 5.92 Å². The van der Waals surface area contributed by atoms with E-state index in [1.807, 2.05) is 0 Å². The fourth-order valence-electron chi connectivity index (χ4n) is 2.34. The molecule has 4 N–H and O–H groups in total. The van der Waals surface area contributed by atoms with Crippen LogP contribution in [0.15, 0.2) is 18.2 Å². The quantitative estimate of drug-likeness (QED) is 0.555. The molecule has 0 aromatic heterocycles. The van der Waals surface area contributed by atoms with Crippen LogP contribution in [0.5, 0.6) is 5.75 Å². The largest absolute Gasteiger partial charge is 0.508 e. The van der Waals surface area contributed by atoms with E-state index < -0.39 is 0 Å². The molecular formula is C13H18N2O2. The lowest BCUT2D eigenvalue weighted by molar-refractivity contribution is -0.117. The van der Waals surface area contributed by atoms with E-state index in [1.54, 1.807) is 6.07 Å². The van der Waals surface area contributed by atoms with Gasteiger partial charge in [-0.05, 0) is 30.9 Å². The zero-order valence-electron chi connectivity index (χ0n) is 9.78. The second kappa shape index (κ2) is 5.08. The van der Waals surface area contributed by atoms with Crippen LogP contribution in [0.3, 0.4) is 0 Å². The molecule has 4 nitrogen and oxygen atoms in total. The molecule has 0 atom stereocenters. The van der Waals surface area contributed by atoms with Crippen molar-refractivity contribution in [3.8, 4) is 5.75 Å². The fourth-order valence-corrected chi connectivity index (χ4v) is 2.34. The molecule has 17 heavy (non-hydrogen) atoms. The van der Waals surface area contributed by atoms with E-state index in [4.69, 9.17) is 5.73 Å². The highest BCUT2D eigenvalue weighted by Crippen LogP contribution is 2.28. The fraction of sp³-hybridized carbons (Fsp3) is 0.462. The summed E-state index contributed by atoms with van der Waals surface area (Å²) in [5.41, 5.74) is 6.67. The van der Waals surface area contributed by atoms with Gasteiger partial charge in [-0.1, -0.05) is 12.8 Å². The number of benzene rings is 1. The number of rotatable bonds is 3. The van der Waals surface area contributed by atoms with Gasteiger partial charge < -0.3 is 16.2 Å². The number of phenols is 1. The minimum absolute atomic E-state index is 0.00860. The van der Waals surface area contributed by atoms with E-state index in [1.165, 1.54) is 25.0 Å². The molecule has 1 aliphatic carbocycles. The van der Waals surface area contributed by atoms with Crippen molar-refractivity contribution >= 4 is 17.3 Å². The van der Waals surface area contributed by atoms with Gasteiger partial charge in [0.1, 0.15) is 5.75 Å².